The summed E-state index contributed by atoms with van der Waals surface area (Å²) in [4.78, 5) is 2.36. The summed E-state index contributed by atoms with van der Waals surface area (Å²) in [6, 6.07) is 7.38. The summed E-state index contributed by atoms with van der Waals surface area (Å²) in [6.45, 7) is 5.12. The molecule has 0 aromatic heterocycles. The van der Waals surface area contributed by atoms with Crippen LogP contribution in [0.25, 0.3) is 0 Å². The Labute approximate surface area is 110 Å². The van der Waals surface area contributed by atoms with E-state index in [1.165, 1.54) is 23.2 Å². The quantitative estimate of drug-likeness (QED) is 0.783. The molecular weight excluding hydrogens is 222 g/mol. The maximum Gasteiger partial charge on any atom is 0.0412 e. The van der Waals surface area contributed by atoms with E-state index in [4.69, 9.17) is 5.73 Å². The molecule has 2 rings (SSSR count). The van der Waals surface area contributed by atoms with Crippen LogP contribution >= 0.6 is 0 Å². The van der Waals surface area contributed by atoms with Crippen molar-refractivity contribution in [1.29, 1.82) is 0 Å². The number of rotatable bonds is 5. The van der Waals surface area contributed by atoms with Gasteiger partial charge in [0.25, 0.3) is 0 Å². The molecule has 0 aliphatic carbocycles. The van der Waals surface area contributed by atoms with Gasteiger partial charge < -0.3 is 16.0 Å². The van der Waals surface area contributed by atoms with Crippen molar-refractivity contribution < 1.29 is 0 Å². The molecule has 0 saturated heterocycles. The fourth-order valence-corrected chi connectivity index (χ4v) is 2.64. The van der Waals surface area contributed by atoms with Crippen molar-refractivity contribution in [3.05, 3.63) is 29.3 Å². The van der Waals surface area contributed by atoms with Crippen LogP contribution in [0.15, 0.2) is 18.2 Å². The number of hydrogen-bond acceptors (Lipinski definition) is 3. The summed E-state index contributed by atoms with van der Waals surface area (Å²) >= 11 is 0. The first-order valence-electron chi connectivity index (χ1n) is 7.03. The minimum absolute atomic E-state index is 0.495. The molecule has 1 aromatic rings. The molecule has 3 heteroatoms. The summed E-state index contributed by atoms with van der Waals surface area (Å²) in [5.41, 5.74) is 9.82. The van der Waals surface area contributed by atoms with Crippen molar-refractivity contribution in [2.75, 3.05) is 31.6 Å². The zero-order chi connectivity index (χ0) is 13.0. The zero-order valence-electron chi connectivity index (χ0n) is 11.6. The van der Waals surface area contributed by atoms with Gasteiger partial charge >= 0.3 is 0 Å². The molecule has 3 nitrogen and oxygen atoms in total. The standard InChI is InChI=1S/C15H25N3/c1-3-12-5-6-15-13(11-12)14(7-10-18(15)2)17-9-4-8-16/h5-6,11,14,17H,3-4,7-10,16H2,1-2H3. The number of aryl methyl sites for hydroxylation is 1. The normalized spacial score (nSPS) is 18.8. The van der Waals surface area contributed by atoms with Crippen LogP contribution in [0.5, 0.6) is 0 Å². The third-order valence-corrected chi connectivity index (χ3v) is 3.81. The Morgan fingerprint density at radius 2 is 2.28 bits per heavy atom. The molecule has 1 unspecified atom stereocenters. The molecule has 0 radical (unpaired) electrons. The molecule has 1 atom stereocenters. The van der Waals surface area contributed by atoms with Gasteiger partial charge in [0.15, 0.2) is 0 Å². The number of anilines is 1. The van der Waals surface area contributed by atoms with Gasteiger partial charge in [-0.25, -0.2) is 0 Å². The first-order chi connectivity index (χ1) is 8.76. The van der Waals surface area contributed by atoms with Crippen molar-refractivity contribution in [2.45, 2.75) is 32.2 Å². The van der Waals surface area contributed by atoms with E-state index in [1.807, 2.05) is 0 Å². The predicted molar refractivity (Wildman–Crippen MR) is 78.1 cm³/mol. The van der Waals surface area contributed by atoms with Crippen LogP contribution in [-0.4, -0.2) is 26.7 Å². The van der Waals surface area contributed by atoms with Crippen LogP contribution in [0.4, 0.5) is 5.69 Å². The van der Waals surface area contributed by atoms with Crippen molar-refractivity contribution in [3.8, 4) is 0 Å². The third kappa shape index (κ3) is 2.85. The minimum atomic E-state index is 0.495. The van der Waals surface area contributed by atoms with Crippen molar-refractivity contribution >= 4 is 5.69 Å². The SMILES string of the molecule is CCc1ccc2c(c1)C(NCCCN)CCN2C. The van der Waals surface area contributed by atoms with E-state index in [0.29, 0.717) is 6.04 Å². The lowest BCUT2D eigenvalue weighted by atomic mass is 9.94. The zero-order valence-corrected chi connectivity index (χ0v) is 11.6. The second kappa shape index (κ2) is 6.21. The van der Waals surface area contributed by atoms with Crippen LogP contribution in [0.1, 0.15) is 36.9 Å². The van der Waals surface area contributed by atoms with E-state index in [0.717, 1.165) is 32.5 Å². The second-order valence-electron chi connectivity index (χ2n) is 5.11. The number of nitrogens with one attached hydrogen (secondary N) is 1. The number of nitrogens with two attached hydrogens (primary N) is 1. The number of nitrogens with zero attached hydrogens (tertiary/aromatic N) is 1. The van der Waals surface area contributed by atoms with E-state index in [2.05, 4.69) is 42.4 Å². The molecular formula is C15H25N3. The summed E-state index contributed by atoms with van der Waals surface area (Å²) in [6.07, 6.45) is 3.34. The third-order valence-electron chi connectivity index (χ3n) is 3.81. The molecule has 1 heterocycles. The van der Waals surface area contributed by atoms with E-state index >= 15 is 0 Å². The number of fused-ring (bicyclic) bond motifs is 1. The van der Waals surface area contributed by atoms with Gasteiger partial charge in [-0.15, -0.1) is 0 Å². The highest BCUT2D eigenvalue weighted by molar-refractivity contribution is 5.57. The van der Waals surface area contributed by atoms with Crippen molar-refractivity contribution in [3.63, 3.8) is 0 Å². The Bertz CT molecular complexity index is 389. The molecule has 0 saturated carbocycles. The molecule has 0 fully saturated rings. The van der Waals surface area contributed by atoms with E-state index < -0.39 is 0 Å². The minimum Gasteiger partial charge on any atom is -0.374 e. The fourth-order valence-electron chi connectivity index (χ4n) is 2.64. The van der Waals surface area contributed by atoms with Crippen LogP contribution in [0, 0.1) is 0 Å². The van der Waals surface area contributed by atoms with Gasteiger partial charge in [-0.3, -0.25) is 0 Å². The molecule has 18 heavy (non-hydrogen) atoms. The van der Waals surface area contributed by atoms with Gasteiger partial charge in [0.1, 0.15) is 0 Å². The lowest BCUT2D eigenvalue weighted by Gasteiger charge is -2.34. The van der Waals surface area contributed by atoms with Gasteiger partial charge in [-0.05, 0) is 49.5 Å². The molecule has 100 valence electrons. The smallest absolute Gasteiger partial charge is 0.0412 e. The molecule has 0 bridgehead atoms. The Hall–Kier alpha value is -1.06. The van der Waals surface area contributed by atoms with Crippen molar-refractivity contribution in [2.24, 2.45) is 5.73 Å². The van der Waals surface area contributed by atoms with Crippen LogP contribution in [0.3, 0.4) is 0 Å². The lowest BCUT2D eigenvalue weighted by molar-refractivity contribution is 0.481. The van der Waals surface area contributed by atoms with Gasteiger partial charge in [0.05, 0.1) is 0 Å². The summed E-state index contributed by atoms with van der Waals surface area (Å²) in [5, 5.41) is 3.64. The Morgan fingerprint density at radius 3 is 3.00 bits per heavy atom. The van der Waals surface area contributed by atoms with Gasteiger partial charge in [-0.2, -0.15) is 0 Å². The molecule has 1 aliphatic heterocycles. The van der Waals surface area contributed by atoms with Gasteiger partial charge in [-0.1, -0.05) is 19.1 Å². The molecule has 1 aromatic carbocycles. The van der Waals surface area contributed by atoms with Crippen LogP contribution < -0.4 is 16.0 Å². The Balaban J connectivity index is 2.18. The predicted octanol–water partition coefficient (Wildman–Crippen LogP) is 2.07. The van der Waals surface area contributed by atoms with Crippen LogP contribution in [-0.2, 0) is 6.42 Å². The largest absolute Gasteiger partial charge is 0.374 e. The maximum atomic E-state index is 5.56. The first kappa shape index (κ1) is 13.4. The Morgan fingerprint density at radius 1 is 1.44 bits per heavy atom. The van der Waals surface area contributed by atoms with Crippen LogP contribution in [0.2, 0.25) is 0 Å². The summed E-state index contributed by atoms with van der Waals surface area (Å²) in [7, 11) is 2.18. The Kier molecular flexibility index (Phi) is 4.61. The van der Waals surface area contributed by atoms with E-state index in [-0.39, 0.29) is 0 Å². The number of hydrogen-bond donors (Lipinski definition) is 2. The summed E-state index contributed by atoms with van der Waals surface area (Å²) < 4.78 is 0. The fraction of sp³-hybridized carbons (Fsp3) is 0.600. The average Bonchev–Trinajstić information content (AvgIpc) is 2.41. The van der Waals surface area contributed by atoms with E-state index in [1.54, 1.807) is 0 Å². The van der Waals surface area contributed by atoms with Gasteiger partial charge in [0, 0.05) is 25.3 Å². The maximum absolute atomic E-state index is 5.56. The highest BCUT2D eigenvalue weighted by atomic mass is 15.1. The average molecular weight is 247 g/mol. The summed E-state index contributed by atoms with van der Waals surface area (Å²) in [5.74, 6) is 0. The monoisotopic (exact) mass is 247 g/mol. The second-order valence-corrected chi connectivity index (χ2v) is 5.11. The van der Waals surface area contributed by atoms with Crippen molar-refractivity contribution in [1.82, 2.24) is 5.32 Å². The molecule has 3 N–H and O–H groups in total. The molecule has 0 amide bonds. The molecule has 1 aliphatic rings. The van der Waals surface area contributed by atoms with E-state index in [9.17, 15) is 0 Å². The van der Waals surface area contributed by atoms with Gasteiger partial charge in [0.2, 0.25) is 0 Å². The molecule has 0 spiro atoms. The highest BCUT2D eigenvalue weighted by Crippen LogP contribution is 2.33. The first-order valence-corrected chi connectivity index (χ1v) is 7.03. The lowest BCUT2D eigenvalue weighted by Crippen LogP contribution is -2.34. The number of benzene rings is 1. The topological polar surface area (TPSA) is 41.3 Å². The highest BCUT2D eigenvalue weighted by Gasteiger charge is 2.22.